The van der Waals surface area contributed by atoms with Gasteiger partial charge in [-0.3, -0.25) is 4.79 Å². The van der Waals surface area contributed by atoms with Crippen LogP contribution < -0.4 is 5.32 Å². The maximum absolute atomic E-state index is 11.6. The predicted octanol–water partition coefficient (Wildman–Crippen LogP) is 4.58. The van der Waals surface area contributed by atoms with E-state index >= 15 is 0 Å². The Hall–Kier alpha value is -2.99. The number of nitrogens with zero attached hydrogens (tertiary/aromatic N) is 3. The molecule has 0 atom stereocenters. The number of imidazole rings is 1. The van der Waals surface area contributed by atoms with Crippen LogP contribution in [0.2, 0.25) is 0 Å². The molecule has 0 unspecified atom stereocenters. The summed E-state index contributed by atoms with van der Waals surface area (Å²) in [4.78, 5) is 17.0. The van der Waals surface area contributed by atoms with Crippen LogP contribution >= 0.6 is 11.3 Å². The molecule has 2 aromatic carbocycles. The summed E-state index contributed by atoms with van der Waals surface area (Å²) in [6.45, 7) is 4.41. The number of carbonyl (C=O) groups excluding carboxylic acids is 1. The summed E-state index contributed by atoms with van der Waals surface area (Å²) < 4.78 is 1.78. The van der Waals surface area contributed by atoms with Gasteiger partial charge in [0, 0.05) is 17.7 Å². The molecule has 0 bridgehead atoms. The third-order valence-corrected chi connectivity index (χ3v) is 5.18. The van der Waals surface area contributed by atoms with Gasteiger partial charge >= 0.3 is 0 Å². The van der Waals surface area contributed by atoms with Crippen molar-refractivity contribution in [1.29, 1.82) is 0 Å². The number of aromatic nitrogens is 3. The molecule has 0 spiro atoms. The first-order chi connectivity index (χ1) is 12.6. The van der Waals surface area contributed by atoms with Crippen LogP contribution in [0.5, 0.6) is 0 Å². The number of Topliss-reactive ketones (excluding diaryl/α,β-unsaturated/α-hetero) is 1. The molecule has 26 heavy (non-hydrogen) atoms. The number of ketones is 1. The van der Waals surface area contributed by atoms with Gasteiger partial charge in [0.2, 0.25) is 10.1 Å². The minimum atomic E-state index is 0.0497. The van der Waals surface area contributed by atoms with Gasteiger partial charge in [-0.2, -0.15) is 0 Å². The first-order valence-corrected chi connectivity index (χ1v) is 9.18. The van der Waals surface area contributed by atoms with E-state index < -0.39 is 0 Å². The van der Waals surface area contributed by atoms with E-state index in [4.69, 9.17) is 0 Å². The molecular formula is C20H18N4OS. The molecule has 6 heteroatoms. The SMILES string of the molecule is CC(=O)c1cccc(-c2cn3nc(NCc4ccccc4C)sc3n2)c1. The van der Waals surface area contributed by atoms with E-state index in [1.165, 1.54) is 22.5 Å². The molecule has 2 aromatic heterocycles. The molecule has 1 N–H and O–H groups in total. The van der Waals surface area contributed by atoms with Gasteiger partial charge in [0.25, 0.3) is 0 Å². The number of fused-ring (bicyclic) bond motifs is 1. The predicted molar refractivity (Wildman–Crippen MR) is 105 cm³/mol. The smallest absolute Gasteiger partial charge is 0.214 e. The van der Waals surface area contributed by atoms with E-state index in [1.807, 2.05) is 42.6 Å². The highest BCUT2D eigenvalue weighted by Gasteiger charge is 2.11. The number of benzene rings is 2. The normalized spacial score (nSPS) is 11.0. The second kappa shape index (κ2) is 6.72. The number of anilines is 1. The van der Waals surface area contributed by atoms with E-state index in [0.717, 1.165) is 27.9 Å². The van der Waals surface area contributed by atoms with Crippen LogP contribution in [0, 0.1) is 6.92 Å². The highest BCUT2D eigenvalue weighted by atomic mass is 32.1. The molecule has 0 aliphatic heterocycles. The average Bonchev–Trinajstić information content (AvgIpc) is 3.20. The van der Waals surface area contributed by atoms with E-state index in [0.29, 0.717) is 5.56 Å². The van der Waals surface area contributed by atoms with Gasteiger partial charge in [0.05, 0.1) is 11.9 Å². The van der Waals surface area contributed by atoms with Crippen molar-refractivity contribution in [3.8, 4) is 11.3 Å². The largest absolute Gasteiger partial charge is 0.356 e. The van der Waals surface area contributed by atoms with E-state index in [1.54, 1.807) is 11.4 Å². The lowest BCUT2D eigenvalue weighted by molar-refractivity contribution is 0.101. The minimum absolute atomic E-state index is 0.0497. The highest BCUT2D eigenvalue weighted by molar-refractivity contribution is 7.20. The standard InChI is InChI=1S/C20H18N4OS/c1-13-6-3-4-7-17(13)11-21-19-23-24-12-18(22-20(24)26-19)16-9-5-8-15(10-16)14(2)25/h3-10,12H,11H2,1-2H3,(H,21,23). The third kappa shape index (κ3) is 3.23. The molecule has 0 aliphatic rings. The maximum atomic E-state index is 11.6. The molecule has 0 saturated carbocycles. The van der Waals surface area contributed by atoms with Crippen molar-refractivity contribution in [2.45, 2.75) is 20.4 Å². The summed E-state index contributed by atoms with van der Waals surface area (Å²) in [6.07, 6.45) is 1.89. The molecule has 0 saturated heterocycles. The highest BCUT2D eigenvalue weighted by Crippen LogP contribution is 2.25. The van der Waals surface area contributed by atoms with Gasteiger partial charge in [-0.1, -0.05) is 53.8 Å². The van der Waals surface area contributed by atoms with Crippen molar-refractivity contribution in [2.75, 3.05) is 5.32 Å². The summed E-state index contributed by atoms with van der Waals surface area (Å²) in [5.41, 5.74) is 4.94. The van der Waals surface area contributed by atoms with E-state index in [-0.39, 0.29) is 5.78 Å². The van der Waals surface area contributed by atoms with Crippen LogP contribution in [0.25, 0.3) is 16.2 Å². The Labute approximate surface area is 155 Å². The second-order valence-corrected chi connectivity index (χ2v) is 7.13. The van der Waals surface area contributed by atoms with Gasteiger partial charge in [-0.05, 0) is 31.0 Å². The summed E-state index contributed by atoms with van der Waals surface area (Å²) in [6, 6.07) is 15.8. The van der Waals surface area contributed by atoms with Gasteiger partial charge in [-0.25, -0.2) is 9.50 Å². The molecule has 5 nitrogen and oxygen atoms in total. The van der Waals surface area contributed by atoms with Crippen molar-refractivity contribution < 1.29 is 4.79 Å². The topological polar surface area (TPSA) is 59.3 Å². The number of aryl methyl sites for hydroxylation is 1. The Balaban J connectivity index is 1.55. The lowest BCUT2D eigenvalue weighted by Gasteiger charge is -2.05. The van der Waals surface area contributed by atoms with Crippen molar-refractivity contribution in [3.05, 3.63) is 71.4 Å². The molecule has 130 valence electrons. The van der Waals surface area contributed by atoms with Crippen LogP contribution in [0.4, 0.5) is 5.13 Å². The van der Waals surface area contributed by atoms with Crippen LogP contribution in [-0.2, 0) is 6.54 Å². The Morgan fingerprint density at radius 1 is 1.19 bits per heavy atom. The molecule has 4 aromatic rings. The maximum Gasteiger partial charge on any atom is 0.214 e. The first kappa shape index (κ1) is 16.5. The molecule has 4 rings (SSSR count). The minimum Gasteiger partial charge on any atom is -0.356 e. The summed E-state index contributed by atoms with van der Waals surface area (Å²) in [7, 11) is 0. The van der Waals surface area contributed by atoms with Gasteiger partial charge in [-0.15, -0.1) is 5.10 Å². The van der Waals surface area contributed by atoms with Crippen molar-refractivity contribution >= 4 is 27.2 Å². The summed E-state index contributed by atoms with van der Waals surface area (Å²) >= 11 is 1.51. The molecule has 0 radical (unpaired) electrons. The number of rotatable bonds is 5. The molecule has 0 fully saturated rings. The van der Waals surface area contributed by atoms with Crippen LogP contribution in [-0.4, -0.2) is 20.4 Å². The first-order valence-electron chi connectivity index (χ1n) is 8.36. The Morgan fingerprint density at radius 3 is 2.81 bits per heavy atom. The number of hydrogen-bond donors (Lipinski definition) is 1. The fourth-order valence-corrected chi connectivity index (χ4v) is 3.56. The molecule has 0 aliphatic carbocycles. The number of nitrogens with one attached hydrogen (secondary N) is 1. The quantitative estimate of drug-likeness (QED) is 0.528. The van der Waals surface area contributed by atoms with Crippen LogP contribution in [0.3, 0.4) is 0 Å². The molecule has 2 heterocycles. The monoisotopic (exact) mass is 362 g/mol. The van der Waals surface area contributed by atoms with Crippen molar-refractivity contribution in [2.24, 2.45) is 0 Å². The summed E-state index contributed by atoms with van der Waals surface area (Å²) in [5.74, 6) is 0.0497. The number of carbonyl (C=O) groups is 1. The zero-order valence-corrected chi connectivity index (χ0v) is 15.4. The van der Waals surface area contributed by atoms with Gasteiger partial charge in [0.1, 0.15) is 0 Å². The Kier molecular flexibility index (Phi) is 4.26. The van der Waals surface area contributed by atoms with E-state index in [9.17, 15) is 4.79 Å². The fraction of sp³-hybridized carbons (Fsp3) is 0.150. The fourth-order valence-electron chi connectivity index (χ4n) is 2.79. The van der Waals surface area contributed by atoms with Crippen molar-refractivity contribution in [3.63, 3.8) is 0 Å². The lowest BCUT2D eigenvalue weighted by Crippen LogP contribution is -2.01. The molecule has 0 amide bonds. The van der Waals surface area contributed by atoms with Gasteiger partial charge in [0.15, 0.2) is 5.78 Å². The van der Waals surface area contributed by atoms with Gasteiger partial charge < -0.3 is 5.32 Å². The van der Waals surface area contributed by atoms with Crippen LogP contribution in [0.15, 0.2) is 54.7 Å². The average molecular weight is 362 g/mol. The van der Waals surface area contributed by atoms with E-state index in [2.05, 4.69) is 34.5 Å². The van der Waals surface area contributed by atoms with Crippen molar-refractivity contribution in [1.82, 2.24) is 14.6 Å². The summed E-state index contributed by atoms with van der Waals surface area (Å²) in [5, 5.41) is 8.75. The zero-order chi connectivity index (χ0) is 18.1. The second-order valence-electron chi connectivity index (χ2n) is 6.18. The Morgan fingerprint density at radius 2 is 2.04 bits per heavy atom. The lowest BCUT2D eigenvalue weighted by atomic mass is 10.1. The Bertz CT molecular complexity index is 1060. The number of hydrogen-bond acceptors (Lipinski definition) is 5. The third-order valence-electron chi connectivity index (χ3n) is 4.30. The molecular weight excluding hydrogens is 344 g/mol. The zero-order valence-electron chi connectivity index (χ0n) is 14.6. The van der Waals surface area contributed by atoms with Crippen LogP contribution in [0.1, 0.15) is 28.4 Å².